The summed E-state index contributed by atoms with van der Waals surface area (Å²) in [4.78, 5) is 49.7. The molecule has 3 aromatic carbocycles. The Hall–Kier alpha value is -4.51. The normalized spacial score (nSPS) is 10.9. The van der Waals surface area contributed by atoms with E-state index in [-0.39, 0.29) is 38.8 Å². The average molecular weight is 525 g/mol. The minimum atomic E-state index is -3.79. The molecule has 0 radical (unpaired) electrons. The topological polar surface area (TPSA) is 156 Å². The summed E-state index contributed by atoms with van der Waals surface area (Å²) in [7, 11) is -2.47. The lowest BCUT2D eigenvalue weighted by Gasteiger charge is -2.14. The summed E-state index contributed by atoms with van der Waals surface area (Å²) in [5.41, 5.74) is -0.355. The van der Waals surface area contributed by atoms with Gasteiger partial charge in [0.15, 0.2) is 0 Å². The number of carboxylic acid groups (broad SMARTS) is 1. The standard InChI is InChI=1S/C26H24N2O8S/c1-4-36-26(33)22-14-21(25(31)32)19(13-20(22)23(29)27-3)24(30)28-16-7-11-18(12-8-16)37(34,35)17-9-5-15(2)6-10-17/h5-14H,4H2,1-3H3,(H,27,29)(H,28,30)(H,31,32). The molecule has 0 aromatic heterocycles. The van der Waals surface area contributed by atoms with Gasteiger partial charge >= 0.3 is 11.9 Å². The van der Waals surface area contributed by atoms with E-state index in [0.29, 0.717) is 0 Å². The van der Waals surface area contributed by atoms with Gasteiger partial charge in [-0.2, -0.15) is 0 Å². The monoisotopic (exact) mass is 524 g/mol. The first-order valence-electron chi connectivity index (χ1n) is 11.0. The predicted octanol–water partition coefficient (Wildman–Crippen LogP) is 3.31. The third kappa shape index (κ3) is 5.84. The van der Waals surface area contributed by atoms with Crippen molar-refractivity contribution < 1.29 is 37.4 Å². The van der Waals surface area contributed by atoms with Gasteiger partial charge in [0.25, 0.3) is 11.8 Å². The second kappa shape index (κ2) is 11.0. The highest BCUT2D eigenvalue weighted by molar-refractivity contribution is 7.91. The van der Waals surface area contributed by atoms with E-state index in [0.717, 1.165) is 17.7 Å². The van der Waals surface area contributed by atoms with Gasteiger partial charge in [-0.15, -0.1) is 0 Å². The highest BCUT2D eigenvalue weighted by Crippen LogP contribution is 2.24. The van der Waals surface area contributed by atoms with Crippen LogP contribution in [0.4, 0.5) is 5.69 Å². The fraction of sp³-hybridized carbons (Fsp3) is 0.154. The SMILES string of the molecule is CCOC(=O)c1cc(C(=O)O)c(C(=O)Nc2ccc(S(=O)(=O)c3ccc(C)cc3)cc2)cc1C(=O)NC. The van der Waals surface area contributed by atoms with E-state index in [1.54, 1.807) is 19.1 Å². The number of esters is 1. The second-order valence-corrected chi connectivity index (χ2v) is 9.79. The molecule has 2 amide bonds. The van der Waals surface area contributed by atoms with Gasteiger partial charge in [0.2, 0.25) is 9.84 Å². The van der Waals surface area contributed by atoms with Gasteiger partial charge in [-0.25, -0.2) is 18.0 Å². The smallest absolute Gasteiger partial charge is 0.338 e. The lowest BCUT2D eigenvalue weighted by molar-refractivity contribution is 0.0522. The Balaban J connectivity index is 1.96. The molecule has 0 spiro atoms. The van der Waals surface area contributed by atoms with Crippen molar-refractivity contribution in [1.29, 1.82) is 0 Å². The number of aromatic carboxylic acids is 1. The number of amides is 2. The Kier molecular flexibility index (Phi) is 8.08. The van der Waals surface area contributed by atoms with Crippen LogP contribution >= 0.6 is 0 Å². The molecule has 0 atom stereocenters. The van der Waals surface area contributed by atoms with Gasteiger partial charge < -0.3 is 20.5 Å². The van der Waals surface area contributed by atoms with Crippen LogP contribution in [0.1, 0.15) is 53.9 Å². The summed E-state index contributed by atoms with van der Waals surface area (Å²) in [5, 5.41) is 14.5. The molecular formula is C26H24N2O8S. The van der Waals surface area contributed by atoms with Crippen molar-refractivity contribution in [2.45, 2.75) is 23.6 Å². The number of carbonyl (C=O) groups excluding carboxylic acids is 3. The molecular weight excluding hydrogens is 500 g/mol. The molecule has 0 bridgehead atoms. The molecule has 37 heavy (non-hydrogen) atoms. The number of carbonyl (C=O) groups is 4. The van der Waals surface area contributed by atoms with Gasteiger partial charge in [0.05, 0.1) is 38.7 Å². The Morgan fingerprint density at radius 3 is 1.84 bits per heavy atom. The maximum Gasteiger partial charge on any atom is 0.338 e. The van der Waals surface area contributed by atoms with E-state index in [9.17, 15) is 32.7 Å². The van der Waals surface area contributed by atoms with E-state index < -0.39 is 39.2 Å². The molecule has 11 heteroatoms. The van der Waals surface area contributed by atoms with Gasteiger partial charge in [0, 0.05) is 12.7 Å². The maximum atomic E-state index is 13.0. The summed E-state index contributed by atoms with van der Waals surface area (Å²) in [6.07, 6.45) is 0. The number of aryl methyl sites for hydroxylation is 1. The van der Waals surface area contributed by atoms with Crippen LogP contribution in [0.25, 0.3) is 0 Å². The average Bonchev–Trinajstić information content (AvgIpc) is 2.88. The number of nitrogens with one attached hydrogen (secondary N) is 2. The third-order valence-electron chi connectivity index (χ3n) is 5.35. The number of rotatable bonds is 8. The summed E-state index contributed by atoms with van der Waals surface area (Å²) >= 11 is 0. The zero-order valence-corrected chi connectivity index (χ0v) is 21.0. The Labute approximate surface area is 213 Å². The molecule has 3 N–H and O–H groups in total. The van der Waals surface area contributed by atoms with E-state index in [1.165, 1.54) is 43.4 Å². The first-order valence-corrected chi connectivity index (χ1v) is 12.5. The number of anilines is 1. The molecule has 0 aliphatic rings. The van der Waals surface area contributed by atoms with E-state index in [2.05, 4.69) is 10.6 Å². The maximum absolute atomic E-state index is 13.0. The Morgan fingerprint density at radius 2 is 1.32 bits per heavy atom. The summed E-state index contributed by atoms with van der Waals surface area (Å²) in [5.74, 6) is -4.02. The molecule has 3 rings (SSSR count). The Bertz CT molecular complexity index is 1480. The van der Waals surface area contributed by atoms with Crippen molar-refractivity contribution in [1.82, 2.24) is 5.32 Å². The van der Waals surface area contributed by atoms with Crippen molar-refractivity contribution in [3.63, 3.8) is 0 Å². The third-order valence-corrected chi connectivity index (χ3v) is 7.14. The zero-order valence-electron chi connectivity index (χ0n) is 20.2. The van der Waals surface area contributed by atoms with Crippen LogP contribution in [0.2, 0.25) is 0 Å². The molecule has 0 aliphatic carbocycles. The van der Waals surface area contributed by atoms with Gasteiger partial charge in [-0.1, -0.05) is 17.7 Å². The van der Waals surface area contributed by atoms with E-state index in [1.807, 2.05) is 6.92 Å². The number of carboxylic acids is 1. The number of ether oxygens (including phenoxy) is 1. The van der Waals surface area contributed by atoms with Crippen molar-refractivity contribution >= 4 is 39.3 Å². The van der Waals surface area contributed by atoms with Gasteiger partial charge in [-0.05, 0) is 62.4 Å². The van der Waals surface area contributed by atoms with Crippen LogP contribution in [0.5, 0.6) is 0 Å². The van der Waals surface area contributed by atoms with Crippen molar-refractivity contribution in [3.05, 3.63) is 88.5 Å². The lowest BCUT2D eigenvalue weighted by Crippen LogP contribution is -2.25. The van der Waals surface area contributed by atoms with Crippen molar-refractivity contribution in [3.8, 4) is 0 Å². The fourth-order valence-electron chi connectivity index (χ4n) is 3.43. The molecule has 0 saturated carbocycles. The van der Waals surface area contributed by atoms with E-state index >= 15 is 0 Å². The second-order valence-electron chi connectivity index (χ2n) is 7.84. The van der Waals surface area contributed by atoms with E-state index in [4.69, 9.17) is 4.74 Å². The fourth-order valence-corrected chi connectivity index (χ4v) is 4.70. The highest BCUT2D eigenvalue weighted by Gasteiger charge is 2.26. The number of hydrogen-bond donors (Lipinski definition) is 3. The molecule has 10 nitrogen and oxygen atoms in total. The summed E-state index contributed by atoms with van der Waals surface area (Å²) in [6, 6.07) is 13.6. The van der Waals surface area contributed by atoms with Crippen LogP contribution in [0.3, 0.4) is 0 Å². The number of hydrogen-bond acceptors (Lipinski definition) is 7. The number of benzene rings is 3. The molecule has 0 unspecified atom stereocenters. The highest BCUT2D eigenvalue weighted by atomic mass is 32.2. The molecule has 0 aliphatic heterocycles. The lowest BCUT2D eigenvalue weighted by atomic mass is 9.97. The van der Waals surface area contributed by atoms with Crippen LogP contribution in [-0.4, -0.2) is 50.9 Å². The van der Waals surface area contributed by atoms with Crippen LogP contribution in [0.15, 0.2) is 70.5 Å². The minimum Gasteiger partial charge on any atom is -0.478 e. The van der Waals surface area contributed by atoms with Crippen molar-refractivity contribution in [2.24, 2.45) is 0 Å². The van der Waals surface area contributed by atoms with Crippen molar-refractivity contribution in [2.75, 3.05) is 19.0 Å². The minimum absolute atomic E-state index is 0.00118. The van der Waals surface area contributed by atoms with Gasteiger partial charge in [0.1, 0.15) is 0 Å². The quantitative estimate of drug-likeness (QED) is 0.379. The predicted molar refractivity (Wildman–Crippen MR) is 134 cm³/mol. The molecule has 0 fully saturated rings. The van der Waals surface area contributed by atoms with Crippen LogP contribution < -0.4 is 10.6 Å². The largest absolute Gasteiger partial charge is 0.478 e. The molecule has 192 valence electrons. The van der Waals surface area contributed by atoms with Crippen LogP contribution in [-0.2, 0) is 14.6 Å². The Morgan fingerprint density at radius 1 is 0.811 bits per heavy atom. The first-order chi connectivity index (χ1) is 17.5. The summed E-state index contributed by atoms with van der Waals surface area (Å²) < 4.78 is 30.6. The molecule has 0 saturated heterocycles. The molecule has 3 aromatic rings. The van der Waals surface area contributed by atoms with Crippen LogP contribution in [0, 0.1) is 6.92 Å². The summed E-state index contributed by atoms with van der Waals surface area (Å²) in [6.45, 7) is 3.38. The molecule has 0 heterocycles. The first kappa shape index (κ1) is 27.1. The van der Waals surface area contributed by atoms with Gasteiger partial charge in [-0.3, -0.25) is 9.59 Å². The zero-order chi connectivity index (χ0) is 27.3. The number of sulfone groups is 1.